The fraction of sp³-hybridized carbons (Fsp3) is 0.588. The van der Waals surface area contributed by atoms with Gasteiger partial charge in [-0.2, -0.15) is 0 Å². The molecule has 0 bridgehead atoms. The van der Waals surface area contributed by atoms with Gasteiger partial charge >= 0.3 is 6.09 Å². The van der Waals surface area contributed by atoms with Crippen LogP contribution in [0.3, 0.4) is 0 Å². The average Bonchev–Trinajstić information content (AvgIpc) is 2.56. The molecular weight excluding hydrogens is 308 g/mol. The molecule has 2 rings (SSSR count). The van der Waals surface area contributed by atoms with Crippen LogP contribution < -0.4 is 10.6 Å². The number of carbonyl (C=O) groups excluding carboxylic acids is 1. The molecule has 7 nitrogen and oxygen atoms in total. The molecule has 2 unspecified atom stereocenters. The molecule has 1 aromatic rings. The zero-order chi connectivity index (χ0) is 17.7. The van der Waals surface area contributed by atoms with Crippen molar-refractivity contribution in [1.82, 2.24) is 20.5 Å². The van der Waals surface area contributed by atoms with Crippen LogP contribution in [0.4, 0.5) is 4.79 Å². The van der Waals surface area contributed by atoms with E-state index in [0.29, 0.717) is 31.2 Å². The standard InChI is InChI=1S/C17H26N4O3/c1-11(2)6-12-7-13(14(10-22)18-3)16(20-8-12)15-9-19-4-5-21(15)17(23)24/h7-8,10-11,14-15,18-19H,4-6,9H2,1-3H3,(H,23,24). The number of aromatic nitrogens is 1. The minimum Gasteiger partial charge on any atom is -0.465 e. The molecule has 3 N–H and O–H groups in total. The van der Waals surface area contributed by atoms with E-state index in [1.54, 1.807) is 13.2 Å². The second kappa shape index (κ2) is 8.21. The lowest BCUT2D eigenvalue weighted by Crippen LogP contribution is -2.49. The number of nitrogens with zero attached hydrogens (tertiary/aromatic N) is 2. The van der Waals surface area contributed by atoms with Crippen LogP contribution >= 0.6 is 0 Å². The van der Waals surface area contributed by atoms with Gasteiger partial charge in [-0.05, 0) is 24.9 Å². The third kappa shape index (κ3) is 4.10. The predicted molar refractivity (Wildman–Crippen MR) is 91.0 cm³/mol. The molecule has 2 heterocycles. The van der Waals surface area contributed by atoms with Gasteiger partial charge in [-0.15, -0.1) is 0 Å². The Morgan fingerprint density at radius 3 is 2.92 bits per heavy atom. The fourth-order valence-corrected chi connectivity index (χ4v) is 3.12. The highest BCUT2D eigenvalue weighted by molar-refractivity contribution is 5.67. The molecule has 0 aromatic carbocycles. The van der Waals surface area contributed by atoms with Crippen LogP contribution in [-0.4, -0.2) is 54.1 Å². The number of aldehydes is 1. The third-order valence-corrected chi connectivity index (χ3v) is 4.24. The molecule has 2 atom stereocenters. The van der Waals surface area contributed by atoms with E-state index in [1.807, 2.05) is 6.07 Å². The molecule has 132 valence electrons. The van der Waals surface area contributed by atoms with E-state index in [-0.39, 0.29) is 0 Å². The first kappa shape index (κ1) is 18.4. The van der Waals surface area contributed by atoms with Crippen LogP contribution in [0, 0.1) is 5.92 Å². The Bertz CT molecular complexity index is 591. The van der Waals surface area contributed by atoms with Gasteiger partial charge in [-0.25, -0.2) is 4.79 Å². The number of carbonyl (C=O) groups is 2. The maximum absolute atomic E-state index is 11.6. The molecular formula is C17H26N4O3. The van der Waals surface area contributed by atoms with Gasteiger partial charge in [0.2, 0.25) is 0 Å². The Morgan fingerprint density at radius 1 is 1.58 bits per heavy atom. The first-order chi connectivity index (χ1) is 11.5. The van der Waals surface area contributed by atoms with Crippen LogP contribution in [0.2, 0.25) is 0 Å². The summed E-state index contributed by atoms with van der Waals surface area (Å²) in [5, 5.41) is 15.7. The zero-order valence-electron chi connectivity index (χ0n) is 14.5. The van der Waals surface area contributed by atoms with Crippen molar-refractivity contribution in [2.75, 3.05) is 26.7 Å². The van der Waals surface area contributed by atoms with Crippen molar-refractivity contribution < 1.29 is 14.7 Å². The first-order valence-electron chi connectivity index (χ1n) is 8.29. The van der Waals surface area contributed by atoms with Crippen LogP contribution in [0.25, 0.3) is 0 Å². The molecule has 0 saturated carbocycles. The summed E-state index contributed by atoms with van der Waals surface area (Å²) in [4.78, 5) is 29.0. The van der Waals surface area contributed by atoms with Gasteiger partial charge in [-0.1, -0.05) is 19.9 Å². The summed E-state index contributed by atoms with van der Waals surface area (Å²) in [6.45, 7) is 5.76. The topological polar surface area (TPSA) is 94.6 Å². The summed E-state index contributed by atoms with van der Waals surface area (Å²) >= 11 is 0. The quantitative estimate of drug-likeness (QED) is 0.680. The van der Waals surface area contributed by atoms with Gasteiger partial charge in [0.1, 0.15) is 6.29 Å². The lowest BCUT2D eigenvalue weighted by atomic mass is 9.95. The molecule has 1 amide bonds. The summed E-state index contributed by atoms with van der Waals surface area (Å²) in [5.41, 5.74) is 2.45. The van der Waals surface area contributed by atoms with Crippen LogP contribution in [0.1, 0.15) is 42.8 Å². The van der Waals surface area contributed by atoms with Gasteiger partial charge in [0.15, 0.2) is 0 Å². The molecule has 1 aliphatic rings. The number of pyridine rings is 1. The Kier molecular flexibility index (Phi) is 6.28. The number of hydrogen-bond acceptors (Lipinski definition) is 5. The second-order valence-electron chi connectivity index (χ2n) is 6.51. The van der Waals surface area contributed by atoms with E-state index in [9.17, 15) is 14.7 Å². The fourth-order valence-electron chi connectivity index (χ4n) is 3.12. The van der Waals surface area contributed by atoms with Gasteiger partial charge in [-0.3, -0.25) is 9.88 Å². The summed E-state index contributed by atoms with van der Waals surface area (Å²) in [5.74, 6) is 0.474. The number of piperazine rings is 1. The smallest absolute Gasteiger partial charge is 0.407 e. The maximum Gasteiger partial charge on any atom is 0.407 e. The number of amides is 1. The van der Waals surface area contributed by atoms with E-state index in [0.717, 1.165) is 23.8 Å². The van der Waals surface area contributed by atoms with Gasteiger partial charge in [0, 0.05) is 31.4 Å². The molecule has 24 heavy (non-hydrogen) atoms. The molecule has 1 saturated heterocycles. The Hall–Kier alpha value is -1.99. The number of hydrogen-bond donors (Lipinski definition) is 3. The third-order valence-electron chi connectivity index (χ3n) is 4.24. The molecule has 1 fully saturated rings. The molecule has 1 aromatic heterocycles. The van der Waals surface area contributed by atoms with Crippen molar-refractivity contribution in [2.24, 2.45) is 5.92 Å². The predicted octanol–water partition coefficient (Wildman–Crippen LogP) is 1.36. The summed E-state index contributed by atoms with van der Waals surface area (Å²) in [6, 6.07) is 1.08. The van der Waals surface area contributed by atoms with Gasteiger partial charge < -0.3 is 20.5 Å². The van der Waals surface area contributed by atoms with Crippen molar-refractivity contribution >= 4 is 12.4 Å². The lowest BCUT2D eigenvalue weighted by molar-refractivity contribution is -0.109. The van der Waals surface area contributed by atoms with E-state index < -0.39 is 18.2 Å². The van der Waals surface area contributed by atoms with Crippen LogP contribution in [-0.2, 0) is 11.2 Å². The van der Waals surface area contributed by atoms with Crippen molar-refractivity contribution in [1.29, 1.82) is 0 Å². The largest absolute Gasteiger partial charge is 0.465 e. The van der Waals surface area contributed by atoms with Crippen molar-refractivity contribution in [3.63, 3.8) is 0 Å². The lowest BCUT2D eigenvalue weighted by Gasteiger charge is -2.35. The van der Waals surface area contributed by atoms with E-state index in [4.69, 9.17) is 0 Å². The normalized spacial score (nSPS) is 19.3. The second-order valence-corrected chi connectivity index (χ2v) is 6.51. The highest BCUT2D eigenvalue weighted by Gasteiger charge is 2.31. The molecule has 1 aliphatic heterocycles. The highest BCUT2D eigenvalue weighted by Crippen LogP contribution is 2.28. The number of likely N-dealkylation sites (N-methyl/N-ethyl adjacent to an activating group) is 1. The van der Waals surface area contributed by atoms with Crippen LogP contribution in [0.5, 0.6) is 0 Å². The molecule has 0 aliphatic carbocycles. The number of carboxylic acid groups (broad SMARTS) is 1. The number of nitrogens with one attached hydrogen (secondary N) is 2. The van der Waals surface area contributed by atoms with Crippen molar-refractivity contribution in [3.05, 3.63) is 29.1 Å². The Labute approximate surface area is 142 Å². The first-order valence-corrected chi connectivity index (χ1v) is 8.29. The number of rotatable bonds is 6. The molecule has 0 radical (unpaired) electrons. The minimum absolute atomic E-state index is 0.393. The van der Waals surface area contributed by atoms with Gasteiger partial charge in [0.05, 0.1) is 17.8 Å². The van der Waals surface area contributed by atoms with E-state index in [2.05, 4.69) is 29.5 Å². The SMILES string of the molecule is CNC(C=O)c1cc(CC(C)C)cnc1C1CNCCN1C(=O)O. The van der Waals surface area contributed by atoms with E-state index in [1.165, 1.54) is 4.90 Å². The molecule has 7 heteroatoms. The summed E-state index contributed by atoms with van der Waals surface area (Å²) in [6.07, 6.45) is 2.53. The zero-order valence-corrected chi connectivity index (χ0v) is 14.5. The monoisotopic (exact) mass is 334 g/mol. The summed E-state index contributed by atoms with van der Waals surface area (Å²) in [7, 11) is 1.71. The Morgan fingerprint density at radius 2 is 2.33 bits per heavy atom. The highest BCUT2D eigenvalue weighted by atomic mass is 16.4. The van der Waals surface area contributed by atoms with Crippen molar-refractivity contribution in [3.8, 4) is 0 Å². The average molecular weight is 334 g/mol. The molecule has 0 spiro atoms. The summed E-state index contributed by atoms with van der Waals surface area (Å²) < 4.78 is 0. The maximum atomic E-state index is 11.6. The minimum atomic E-state index is -0.965. The Balaban J connectivity index is 2.46. The van der Waals surface area contributed by atoms with E-state index >= 15 is 0 Å². The van der Waals surface area contributed by atoms with Crippen molar-refractivity contribution in [2.45, 2.75) is 32.4 Å². The van der Waals surface area contributed by atoms with Gasteiger partial charge in [0.25, 0.3) is 0 Å². The van der Waals surface area contributed by atoms with Crippen LogP contribution in [0.15, 0.2) is 12.3 Å².